The van der Waals surface area contributed by atoms with Crippen molar-refractivity contribution in [2.45, 2.75) is 25.2 Å². The highest BCUT2D eigenvalue weighted by Gasteiger charge is 2.46. The molecule has 2 unspecified atom stereocenters. The quantitative estimate of drug-likeness (QED) is 0.882. The number of methoxy groups -OCH3 is 1. The first kappa shape index (κ1) is 15.3. The molecule has 1 amide bonds. The average molecular weight is 277 g/mol. The van der Waals surface area contributed by atoms with Crippen LogP contribution in [-0.2, 0) is 4.79 Å². The molecule has 2 N–H and O–H groups in total. The summed E-state index contributed by atoms with van der Waals surface area (Å²) < 4.78 is 43.4. The molecule has 7 heteroatoms. The summed E-state index contributed by atoms with van der Waals surface area (Å²) in [6.45, 7) is 0.952. The van der Waals surface area contributed by atoms with Crippen LogP contribution in [0.4, 0.5) is 13.2 Å². The van der Waals surface area contributed by atoms with Gasteiger partial charge in [-0.15, -0.1) is 0 Å². The average Bonchev–Trinajstić information content (AvgIpc) is 2.33. The molecule has 0 aliphatic heterocycles. The lowest BCUT2D eigenvalue weighted by atomic mass is 10.0. The predicted octanol–water partition coefficient (Wildman–Crippen LogP) is 1.80. The van der Waals surface area contributed by atoms with E-state index in [1.165, 1.54) is 25.3 Å². The van der Waals surface area contributed by atoms with Crippen molar-refractivity contribution in [3.05, 3.63) is 29.8 Å². The number of aliphatic hydroxyl groups is 1. The summed E-state index contributed by atoms with van der Waals surface area (Å²) in [6, 6.07) is 3.39. The van der Waals surface area contributed by atoms with Crippen molar-refractivity contribution in [2.24, 2.45) is 0 Å². The van der Waals surface area contributed by atoms with Crippen LogP contribution in [0.15, 0.2) is 24.3 Å². The molecule has 0 fully saturated rings. The summed E-state index contributed by atoms with van der Waals surface area (Å²) in [5, 5.41) is 11.6. The van der Waals surface area contributed by atoms with Crippen LogP contribution in [0.25, 0.3) is 0 Å². The van der Waals surface area contributed by atoms with E-state index >= 15 is 0 Å². The number of aliphatic hydroxyl groups excluding tert-OH is 1. The zero-order chi connectivity index (χ0) is 14.6. The number of benzene rings is 1. The van der Waals surface area contributed by atoms with E-state index in [1.807, 2.05) is 0 Å². The molecule has 0 saturated carbocycles. The first-order valence-corrected chi connectivity index (χ1v) is 5.42. The summed E-state index contributed by atoms with van der Waals surface area (Å²) in [6.07, 6.45) is -6.72. The van der Waals surface area contributed by atoms with Crippen molar-refractivity contribution in [3.8, 4) is 5.75 Å². The van der Waals surface area contributed by atoms with E-state index in [0.29, 0.717) is 0 Å². The molecule has 0 aromatic heterocycles. The summed E-state index contributed by atoms with van der Waals surface area (Å²) in [5.41, 5.74) is -0.0407. The molecular formula is C12H14F3NO3. The lowest BCUT2D eigenvalue weighted by Crippen LogP contribution is -2.48. The lowest BCUT2D eigenvalue weighted by molar-refractivity contribution is -0.181. The monoisotopic (exact) mass is 277 g/mol. The Bertz CT molecular complexity index is 448. The molecule has 106 valence electrons. The minimum Gasteiger partial charge on any atom is -0.496 e. The van der Waals surface area contributed by atoms with Gasteiger partial charge in [-0.2, -0.15) is 13.2 Å². The lowest BCUT2D eigenvalue weighted by Gasteiger charge is -2.27. The fourth-order valence-electron chi connectivity index (χ4n) is 1.65. The van der Waals surface area contributed by atoms with Crippen molar-refractivity contribution >= 4 is 5.91 Å². The van der Waals surface area contributed by atoms with Gasteiger partial charge in [-0.3, -0.25) is 4.79 Å². The number of hydrogen-bond donors (Lipinski definition) is 2. The summed E-state index contributed by atoms with van der Waals surface area (Å²) in [7, 11) is 1.28. The Morgan fingerprint density at radius 1 is 1.37 bits per heavy atom. The van der Waals surface area contributed by atoms with Gasteiger partial charge in [-0.1, -0.05) is 18.2 Å². The molecule has 0 heterocycles. The minimum absolute atomic E-state index is 0.0407. The van der Waals surface area contributed by atoms with Gasteiger partial charge in [-0.05, 0) is 6.07 Å². The predicted molar refractivity (Wildman–Crippen MR) is 61.6 cm³/mol. The van der Waals surface area contributed by atoms with Crippen molar-refractivity contribution in [3.63, 3.8) is 0 Å². The molecule has 0 aliphatic carbocycles. The van der Waals surface area contributed by atoms with Gasteiger partial charge in [0.05, 0.1) is 7.11 Å². The van der Waals surface area contributed by atoms with Crippen LogP contribution < -0.4 is 10.1 Å². The van der Waals surface area contributed by atoms with Crippen molar-refractivity contribution in [2.75, 3.05) is 7.11 Å². The molecule has 1 rings (SSSR count). The number of carbonyl (C=O) groups excluding carboxylic acids is 1. The summed E-state index contributed by atoms with van der Waals surface area (Å²) in [5.74, 6) is -0.758. The van der Waals surface area contributed by atoms with E-state index in [1.54, 1.807) is 11.4 Å². The normalized spacial score (nSPS) is 14.6. The maximum absolute atomic E-state index is 12.8. The number of nitrogens with one attached hydrogen (secondary N) is 1. The largest absolute Gasteiger partial charge is 0.496 e. The summed E-state index contributed by atoms with van der Waals surface area (Å²) in [4.78, 5) is 10.8. The highest BCUT2D eigenvalue weighted by molar-refractivity contribution is 5.73. The second-order valence-corrected chi connectivity index (χ2v) is 3.91. The molecule has 4 nitrogen and oxygen atoms in total. The molecule has 1 aromatic rings. The molecular weight excluding hydrogens is 263 g/mol. The van der Waals surface area contributed by atoms with Crippen molar-refractivity contribution < 1.29 is 27.8 Å². The zero-order valence-electron chi connectivity index (χ0n) is 10.4. The Kier molecular flexibility index (Phi) is 4.77. The van der Waals surface area contributed by atoms with Gasteiger partial charge in [0.2, 0.25) is 5.91 Å². The Hall–Kier alpha value is -1.76. The van der Waals surface area contributed by atoms with Gasteiger partial charge in [0.25, 0.3) is 0 Å². The Morgan fingerprint density at radius 3 is 2.42 bits per heavy atom. The van der Waals surface area contributed by atoms with E-state index in [4.69, 9.17) is 4.74 Å². The smallest absolute Gasteiger partial charge is 0.411 e. The maximum Gasteiger partial charge on any atom is 0.411 e. The van der Waals surface area contributed by atoms with E-state index in [2.05, 4.69) is 0 Å². The first-order chi connectivity index (χ1) is 8.77. The van der Waals surface area contributed by atoms with Crippen LogP contribution in [0.3, 0.4) is 0 Å². The third-order valence-electron chi connectivity index (χ3n) is 2.48. The van der Waals surface area contributed by atoms with Crippen LogP contribution >= 0.6 is 0 Å². The van der Waals surface area contributed by atoms with E-state index in [9.17, 15) is 23.1 Å². The van der Waals surface area contributed by atoms with Crippen LogP contribution in [0.1, 0.15) is 18.6 Å². The number of para-hydroxylation sites is 1. The van der Waals surface area contributed by atoms with E-state index < -0.39 is 24.2 Å². The van der Waals surface area contributed by atoms with Crippen LogP contribution in [0.5, 0.6) is 5.75 Å². The molecule has 0 bridgehead atoms. The second-order valence-electron chi connectivity index (χ2n) is 3.91. The zero-order valence-corrected chi connectivity index (χ0v) is 10.4. The van der Waals surface area contributed by atoms with Crippen LogP contribution in [-0.4, -0.2) is 30.3 Å². The highest BCUT2D eigenvalue weighted by atomic mass is 19.4. The van der Waals surface area contributed by atoms with Gasteiger partial charge in [0.15, 0.2) is 6.04 Å². The van der Waals surface area contributed by atoms with Gasteiger partial charge < -0.3 is 15.2 Å². The molecule has 2 atom stereocenters. The molecule has 0 radical (unpaired) electrons. The molecule has 0 spiro atoms. The number of rotatable bonds is 4. The van der Waals surface area contributed by atoms with E-state index in [-0.39, 0.29) is 11.3 Å². The van der Waals surface area contributed by atoms with Crippen LogP contribution in [0, 0.1) is 0 Å². The van der Waals surface area contributed by atoms with Gasteiger partial charge in [-0.25, -0.2) is 0 Å². The van der Waals surface area contributed by atoms with Crippen molar-refractivity contribution in [1.29, 1.82) is 0 Å². The maximum atomic E-state index is 12.8. The van der Waals surface area contributed by atoms with Crippen LogP contribution in [0.2, 0.25) is 0 Å². The number of amides is 1. The molecule has 19 heavy (non-hydrogen) atoms. The Morgan fingerprint density at radius 2 is 1.95 bits per heavy atom. The minimum atomic E-state index is -4.77. The van der Waals surface area contributed by atoms with Crippen molar-refractivity contribution in [1.82, 2.24) is 5.32 Å². The van der Waals surface area contributed by atoms with Gasteiger partial charge in [0, 0.05) is 12.5 Å². The third-order valence-corrected chi connectivity index (χ3v) is 2.48. The first-order valence-electron chi connectivity index (χ1n) is 5.42. The number of carbonyl (C=O) groups is 1. The number of halogens is 3. The topological polar surface area (TPSA) is 58.6 Å². The highest BCUT2D eigenvalue weighted by Crippen LogP contribution is 2.34. The molecule has 0 aliphatic rings. The number of hydrogen-bond acceptors (Lipinski definition) is 3. The fraction of sp³-hybridized carbons (Fsp3) is 0.417. The SMILES string of the molecule is COc1ccccc1C(O)C(NC(C)=O)C(F)(F)F. The standard InChI is InChI=1S/C12H14F3NO3/c1-7(17)16-11(12(13,14)15)10(18)8-5-3-4-6-9(8)19-2/h3-6,10-11,18H,1-2H3,(H,16,17). The third kappa shape index (κ3) is 3.85. The molecule has 0 saturated heterocycles. The van der Waals surface area contributed by atoms with Gasteiger partial charge in [0.1, 0.15) is 11.9 Å². The fourth-order valence-corrected chi connectivity index (χ4v) is 1.65. The van der Waals surface area contributed by atoms with Gasteiger partial charge >= 0.3 is 6.18 Å². The summed E-state index contributed by atoms with van der Waals surface area (Å²) >= 11 is 0. The Labute approximate surface area is 108 Å². The number of ether oxygens (including phenoxy) is 1. The van der Waals surface area contributed by atoms with E-state index in [0.717, 1.165) is 6.92 Å². The molecule has 1 aromatic carbocycles. The number of alkyl halides is 3. The Balaban J connectivity index is 3.11. The second kappa shape index (κ2) is 5.92.